The molecule has 3 rings (SSSR count). The molecule has 18 heavy (non-hydrogen) atoms. The van der Waals surface area contributed by atoms with Crippen molar-refractivity contribution in [2.24, 2.45) is 0 Å². The van der Waals surface area contributed by atoms with Gasteiger partial charge in [0.15, 0.2) is 17.9 Å². The van der Waals surface area contributed by atoms with Crippen LogP contribution in [0.25, 0.3) is 0 Å². The number of hydrogen-bond donors (Lipinski definition) is 1. The maximum absolute atomic E-state index is 10.3. The molecule has 6 nitrogen and oxygen atoms in total. The van der Waals surface area contributed by atoms with Crippen LogP contribution in [0.4, 0.5) is 0 Å². The van der Waals surface area contributed by atoms with Gasteiger partial charge in [0.2, 0.25) is 0 Å². The molecule has 3 fully saturated rings. The van der Waals surface area contributed by atoms with Crippen LogP contribution < -0.4 is 0 Å². The van der Waals surface area contributed by atoms with Gasteiger partial charge in [0.1, 0.15) is 24.4 Å². The highest BCUT2D eigenvalue weighted by molar-refractivity contribution is 4.97. The molecule has 3 aliphatic rings. The van der Waals surface area contributed by atoms with Gasteiger partial charge in [-0.2, -0.15) is 0 Å². The molecule has 3 aliphatic heterocycles. The molecule has 0 spiro atoms. The van der Waals surface area contributed by atoms with E-state index in [4.69, 9.17) is 23.7 Å². The zero-order chi connectivity index (χ0) is 13.1. The lowest BCUT2D eigenvalue weighted by Crippen LogP contribution is -2.42. The van der Waals surface area contributed by atoms with Gasteiger partial charge in [0, 0.05) is 0 Å². The van der Waals surface area contributed by atoms with Crippen molar-refractivity contribution >= 4 is 0 Å². The average molecular weight is 261 g/mol. The van der Waals surface area contributed by atoms with Crippen LogP contribution in [0.5, 0.6) is 0 Å². The molecule has 0 unspecified atom stereocenters. The summed E-state index contributed by atoms with van der Waals surface area (Å²) in [6.07, 6.45) is -2.53. The molecule has 0 aromatic rings. The van der Waals surface area contributed by atoms with Gasteiger partial charge < -0.3 is 28.8 Å². The quantitative estimate of drug-likeness (QED) is 0.688. The first-order valence-electron chi connectivity index (χ1n) is 6.28. The summed E-state index contributed by atoms with van der Waals surface area (Å²) < 4.78 is 28.1. The minimum Gasteiger partial charge on any atom is -0.387 e. The lowest BCUT2D eigenvalue weighted by Gasteiger charge is -2.26. The first kappa shape index (κ1) is 12.8. The van der Waals surface area contributed by atoms with Crippen LogP contribution in [0, 0.1) is 0 Å². The SMILES string of the molecule is CC1(C)OC[C@H]([C@H]2O[13C@@H]3OC(C)(C)O[C@@H]3[C@H]2O)O1. The van der Waals surface area contributed by atoms with E-state index in [1.807, 2.05) is 13.8 Å². The molecule has 0 aromatic carbocycles. The molecule has 0 radical (unpaired) electrons. The highest BCUT2D eigenvalue weighted by atomic mass is 16.9. The number of aliphatic hydroxyl groups is 1. The summed E-state index contributed by atoms with van der Waals surface area (Å²) in [5.74, 6) is -1.35. The van der Waals surface area contributed by atoms with E-state index in [1.54, 1.807) is 13.8 Å². The van der Waals surface area contributed by atoms with Crippen LogP contribution in [0.2, 0.25) is 0 Å². The van der Waals surface area contributed by atoms with E-state index in [1.165, 1.54) is 0 Å². The molecular formula is C12H20O6. The van der Waals surface area contributed by atoms with Crippen molar-refractivity contribution in [2.45, 2.75) is 70.0 Å². The largest absolute Gasteiger partial charge is 0.387 e. The Labute approximate surface area is 106 Å². The molecule has 104 valence electrons. The van der Waals surface area contributed by atoms with Crippen molar-refractivity contribution in [3.63, 3.8) is 0 Å². The van der Waals surface area contributed by atoms with Crippen LogP contribution in [0.1, 0.15) is 27.7 Å². The molecule has 0 aromatic heterocycles. The van der Waals surface area contributed by atoms with Gasteiger partial charge in [0.25, 0.3) is 0 Å². The van der Waals surface area contributed by atoms with Gasteiger partial charge >= 0.3 is 0 Å². The van der Waals surface area contributed by atoms with E-state index in [9.17, 15) is 5.11 Å². The normalized spacial score (nSPS) is 49.5. The third kappa shape index (κ3) is 2.07. The fourth-order valence-electron chi connectivity index (χ4n) is 2.70. The smallest absolute Gasteiger partial charge is 0.190 e. The molecule has 1 N–H and O–H groups in total. The maximum Gasteiger partial charge on any atom is 0.190 e. The van der Waals surface area contributed by atoms with Crippen molar-refractivity contribution in [3.8, 4) is 0 Å². The number of rotatable bonds is 1. The van der Waals surface area contributed by atoms with Gasteiger partial charge in [-0.3, -0.25) is 0 Å². The fraction of sp³-hybridized carbons (Fsp3) is 1.00. The highest BCUT2D eigenvalue weighted by Gasteiger charge is 2.57. The molecular weight excluding hydrogens is 241 g/mol. The summed E-state index contributed by atoms with van der Waals surface area (Å²) in [6.45, 7) is 7.68. The molecule has 3 saturated heterocycles. The first-order valence-corrected chi connectivity index (χ1v) is 6.28. The van der Waals surface area contributed by atoms with Crippen LogP contribution in [0.15, 0.2) is 0 Å². The molecule has 0 saturated carbocycles. The second-order valence-electron chi connectivity index (χ2n) is 5.93. The summed E-state index contributed by atoms with van der Waals surface area (Å²) in [4.78, 5) is 0. The van der Waals surface area contributed by atoms with Crippen molar-refractivity contribution < 1.29 is 28.8 Å². The Morgan fingerprint density at radius 1 is 0.944 bits per heavy atom. The third-order valence-corrected chi connectivity index (χ3v) is 3.45. The number of hydrogen-bond acceptors (Lipinski definition) is 6. The second-order valence-corrected chi connectivity index (χ2v) is 5.93. The zero-order valence-electron chi connectivity index (χ0n) is 11.1. The summed E-state index contributed by atoms with van der Waals surface area (Å²) >= 11 is 0. The summed E-state index contributed by atoms with van der Waals surface area (Å²) in [5, 5.41) is 10.3. The summed E-state index contributed by atoms with van der Waals surface area (Å²) in [5.41, 5.74) is 0. The minimum atomic E-state index is -0.765. The van der Waals surface area contributed by atoms with Gasteiger partial charge in [-0.1, -0.05) is 0 Å². The molecule has 5 atom stereocenters. The van der Waals surface area contributed by atoms with Crippen LogP contribution in [0.3, 0.4) is 0 Å². The number of ether oxygens (including phenoxy) is 5. The lowest BCUT2D eigenvalue weighted by molar-refractivity contribution is -0.232. The van der Waals surface area contributed by atoms with E-state index >= 15 is 0 Å². The van der Waals surface area contributed by atoms with Gasteiger partial charge in [-0.15, -0.1) is 0 Å². The van der Waals surface area contributed by atoms with Crippen LogP contribution in [-0.4, -0.2) is 54.0 Å². The monoisotopic (exact) mass is 261 g/mol. The number of fused-ring (bicyclic) bond motifs is 1. The van der Waals surface area contributed by atoms with Crippen LogP contribution >= 0.6 is 0 Å². The van der Waals surface area contributed by atoms with Crippen molar-refractivity contribution in [2.75, 3.05) is 6.61 Å². The Bertz CT molecular complexity index is 341. The van der Waals surface area contributed by atoms with E-state index in [0.29, 0.717) is 6.61 Å². The first-order chi connectivity index (χ1) is 8.27. The standard InChI is InChI=1S/C12H20O6/c1-11(2)14-5-6(16-11)8-7(13)9-10(15-8)18-12(3,4)17-9/h6-10,13H,5H2,1-4H3/t6-,7+,8-,9-,10-/m1/s1/i10+1. The second kappa shape index (κ2) is 3.88. The van der Waals surface area contributed by atoms with Gasteiger partial charge in [-0.25, -0.2) is 0 Å². The highest BCUT2D eigenvalue weighted by Crippen LogP contribution is 2.40. The zero-order valence-corrected chi connectivity index (χ0v) is 11.1. The molecule has 0 aliphatic carbocycles. The van der Waals surface area contributed by atoms with Gasteiger partial charge in [0.05, 0.1) is 6.61 Å². The Balaban J connectivity index is 1.68. The Hall–Kier alpha value is -0.240. The van der Waals surface area contributed by atoms with E-state index in [2.05, 4.69) is 0 Å². The Morgan fingerprint density at radius 2 is 1.67 bits per heavy atom. The van der Waals surface area contributed by atoms with Crippen LogP contribution in [-0.2, 0) is 23.7 Å². The topological polar surface area (TPSA) is 66.4 Å². The van der Waals surface area contributed by atoms with Gasteiger partial charge in [-0.05, 0) is 27.7 Å². The predicted octanol–water partition coefficient (Wildman–Crippen LogP) is 0.375. The molecule has 0 bridgehead atoms. The Morgan fingerprint density at radius 3 is 2.22 bits per heavy atom. The molecule has 3 heterocycles. The van der Waals surface area contributed by atoms with Crippen molar-refractivity contribution in [1.82, 2.24) is 0 Å². The van der Waals surface area contributed by atoms with Crippen molar-refractivity contribution in [1.29, 1.82) is 0 Å². The molecule has 0 amide bonds. The molecule has 6 heteroatoms. The third-order valence-electron chi connectivity index (χ3n) is 3.45. The maximum atomic E-state index is 10.3. The van der Waals surface area contributed by atoms with E-state index in [-0.39, 0.29) is 6.10 Å². The fourth-order valence-corrected chi connectivity index (χ4v) is 2.70. The number of aliphatic hydroxyl groups excluding tert-OH is 1. The minimum absolute atomic E-state index is 0.295. The summed E-state index contributed by atoms with van der Waals surface area (Å²) in [7, 11) is 0. The predicted molar refractivity (Wildman–Crippen MR) is 59.6 cm³/mol. The Kier molecular flexibility index (Phi) is 2.75. The van der Waals surface area contributed by atoms with Crippen molar-refractivity contribution in [3.05, 3.63) is 0 Å². The van der Waals surface area contributed by atoms with E-state index in [0.717, 1.165) is 0 Å². The lowest BCUT2D eigenvalue weighted by atomic mass is 10.1. The average Bonchev–Trinajstić information content (AvgIpc) is 2.81. The summed E-state index contributed by atoms with van der Waals surface area (Å²) in [6, 6.07) is 0. The van der Waals surface area contributed by atoms with E-state index < -0.39 is 36.2 Å².